The lowest BCUT2D eigenvalue weighted by Crippen LogP contribution is -2.34. The minimum atomic E-state index is -0.815. The van der Waals surface area contributed by atoms with Crippen molar-refractivity contribution >= 4 is 44.5 Å². The fourth-order valence-electron chi connectivity index (χ4n) is 2.18. The molecule has 0 saturated heterocycles. The second-order valence-corrected chi connectivity index (χ2v) is 8.29. The Morgan fingerprint density at radius 3 is 2.40 bits per heavy atom. The molecule has 0 heterocycles. The van der Waals surface area contributed by atoms with Gasteiger partial charge in [-0.2, -0.15) is 0 Å². The average Bonchev–Trinajstić information content (AvgIpc) is 2.35. The standard InChI is InChI=1S/C16H22BrIO2/c1-15(2,9-10-17)7-8-16(3,14(19)20)12-5-4-6-13(18)11-12/h4-6,11H,7-10H2,1-3H3,(H,19,20). The second kappa shape index (κ2) is 7.25. The molecule has 0 fully saturated rings. The molecular formula is C16H22BrIO2. The van der Waals surface area contributed by atoms with Crippen molar-refractivity contribution in [2.75, 3.05) is 5.33 Å². The summed E-state index contributed by atoms with van der Waals surface area (Å²) in [4.78, 5) is 11.8. The van der Waals surface area contributed by atoms with Crippen molar-refractivity contribution in [3.05, 3.63) is 33.4 Å². The van der Waals surface area contributed by atoms with Gasteiger partial charge in [-0.05, 0) is 71.9 Å². The highest BCUT2D eigenvalue weighted by atomic mass is 127. The molecular weight excluding hydrogens is 431 g/mol. The zero-order valence-corrected chi connectivity index (χ0v) is 16.0. The van der Waals surface area contributed by atoms with E-state index in [0.29, 0.717) is 6.42 Å². The van der Waals surface area contributed by atoms with Gasteiger partial charge in [0.15, 0.2) is 0 Å². The van der Waals surface area contributed by atoms with Crippen LogP contribution in [0.2, 0.25) is 0 Å². The molecule has 1 unspecified atom stereocenters. The van der Waals surface area contributed by atoms with E-state index in [9.17, 15) is 9.90 Å². The third kappa shape index (κ3) is 4.72. The van der Waals surface area contributed by atoms with Crippen LogP contribution in [0.1, 0.15) is 45.6 Å². The Balaban J connectivity index is 2.96. The van der Waals surface area contributed by atoms with Crippen LogP contribution in [0.4, 0.5) is 0 Å². The van der Waals surface area contributed by atoms with Crippen LogP contribution < -0.4 is 0 Å². The first-order valence-corrected chi connectivity index (χ1v) is 8.97. The van der Waals surface area contributed by atoms with Crippen molar-refractivity contribution in [1.82, 2.24) is 0 Å². The molecule has 1 aromatic rings. The smallest absolute Gasteiger partial charge is 0.313 e. The van der Waals surface area contributed by atoms with Crippen molar-refractivity contribution in [2.45, 2.75) is 45.4 Å². The second-order valence-electron chi connectivity index (χ2n) is 6.25. The van der Waals surface area contributed by atoms with Gasteiger partial charge < -0.3 is 5.11 Å². The summed E-state index contributed by atoms with van der Waals surface area (Å²) in [5.74, 6) is -0.742. The van der Waals surface area contributed by atoms with Crippen molar-refractivity contribution in [1.29, 1.82) is 0 Å². The SMILES string of the molecule is CC(C)(CCBr)CCC(C)(C(=O)O)c1cccc(I)c1. The van der Waals surface area contributed by atoms with Gasteiger partial charge >= 0.3 is 5.97 Å². The highest BCUT2D eigenvalue weighted by Crippen LogP contribution is 2.36. The fraction of sp³-hybridized carbons (Fsp3) is 0.562. The number of carboxylic acid groups (broad SMARTS) is 1. The van der Waals surface area contributed by atoms with Crippen molar-refractivity contribution in [3.8, 4) is 0 Å². The molecule has 0 amide bonds. The number of carbonyl (C=O) groups is 1. The number of aliphatic carboxylic acids is 1. The van der Waals surface area contributed by atoms with E-state index in [1.165, 1.54) is 0 Å². The number of alkyl halides is 1. The van der Waals surface area contributed by atoms with E-state index in [0.717, 1.165) is 27.3 Å². The number of carboxylic acids is 1. The van der Waals surface area contributed by atoms with Crippen LogP contribution in [0.3, 0.4) is 0 Å². The summed E-state index contributed by atoms with van der Waals surface area (Å²) in [6.45, 7) is 6.24. The molecule has 0 aliphatic heterocycles. The predicted molar refractivity (Wildman–Crippen MR) is 95.6 cm³/mol. The van der Waals surface area contributed by atoms with Crippen LogP contribution in [-0.4, -0.2) is 16.4 Å². The molecule has 0 aliphatic rings. The molecule has 2 nitrogen and oxygen atoms in total. The van der Waals surface area contributed by atoms with E-state index in [4.69, 9.17) is 0 Å². The summed E-state index contributed by atoms with van der Waals surface area (Å²) in [6.07, 6.45) is 2.60. The predicted octanol–water partition coefficient (Wildman–Crippen LogP) is 5.22. The zero-order valence-electron chi connectivity index (χ0n) is 12.2. The van der Waals surface area contributed by atoms with E-state index in [2.05, 4.69) is 52.4 Å². The highest BCUT2D eigenvalue weighted by molar-refractivity contribution is 14.1. The summed E-state index contributed by atoms with van der Waals surface area (Å²) >= 11 is 5.70. The fourth-order valence-corrected chi connectivity index (χ4v) is 3.79. The topological polar surface area (TPSA) is 37.3 Å². The van der Waals surface area contributed by atoms with E-state index >= 15 is 0 Å². The number of hydrogen-bond acceptors (Lipinski definition) is 1. The first-order valence-electron chi connectivity index (χ1n) is 6.77. The Morgan fingerprint density at radius 1 is 1.25 bits per heavy atom. The largest absolute Gasteiger partial charge is 0.481 e. The number of hydrogen-bond donors (Lipinski definition) is 1. The van der Waals surface area contributed by atoms with Crippen molar-refractivity contribution < 1.29 is 9.90 Å². The monoisotopic (exact) mass is 452 g/mol. The van der Waals surface area contributed by atoms with Gasteiger partial charge in [0, 0.05) is 8.90 Å². The molecule has 112 valence electrons. The summed E-state index contributed by atoms with van der Waals surface area (Å²) in [7, 11) is 0. The molecule has 0 spiro atoms. The zero-order chi connectivity index (χ0) is 15.4. The number of benzene rings is 1. The maximum Gasteiger partial charge on any atom is 0.313 e. The van der Waals surface area contributed by atoms with Crippen LogP contribution in [0.5, 0.6) is 0 Å². The lowest BCUT2D eigenvalue weighted by Gasteiger charge is -2.31. The van der Waals surface area contributed by atoms with Gasteiger partial charge in [0.1, 0.15) is 0 Å². The maximum absolute atomic E-state index is 11.8. The van der Waals surface area contributed by atoms with Gasteiger partial charge in [-0.15, -0.1) is 0 Å². The Kier molecular flexibility index (Phi) is 6.51. The molecule has 20 heavy (non-hydrogen) atoms. The minimum absolute atomic E-state index is 0.155. The van der Waals surface area contributed by atoms with Crippen LogP contribution in [0, 0.1) is 8.99 Å². The quantitative estimate of drug-likeness (QED) is 0.454. The molecule has 0 saturated carbocycles. The van der Waals surface area contributed by atoms with E-state index in [1.807, 2.05) is 31.2 Å². The normalized spacial score (nSPS) is 14.8. The number of rotatable bonds is 7. The van der Waals surface area contributed by atoms with Gasteiger partial charge in [-0.3, -0.25) is 4.79 Å². The van der Waals surface area contributed by atoms with Gasteiger partial charge in [-0.1, -0.05) is 41.9 Å². The molecule has 0 aliphatic carbocycles. The number of halogens is 2. The van der Waals surface area contributed by atoms with E-state index in [-0.39, 0.29) is 5.41 Å². The van der Waals surface area contributed by atoms with E-state index in [1.54, 1.807) is 0 Å². The van der Waals surface area contributed by atoms with Gasteiger partial charge in [-0.25, -0.2) is 0 Å². The third-order valence-corrected chi connectivity index (χ3v) is 5.07. The lowest BCUT2D eigenvalue weighted by molar-refractivity contribution is -0.143. The summed E-state index contributed by atoms with van der Waals surface area (Å²) in [6, 6.07) is 7.82. The molecule has 1 rings (SSSR count). The highest BCUT2D eigenvalue weighted by Gasteiger charge is 2.36. The summed E-state index contributed by atoms with van der Waals surface area (Å²) in [5.41, 5.74) is 0.235. The Bertz CT molecular complexity index is 473. The third-order valence-electron chi connectivity index (χ3n) is 4.01. The molecule has 0 bridgehead atoms. The minimum Gasteiger partial charge on any atom is -0.481 e. The van der Waals surface area contributed by atoms with Crippen molar-refractivity contribution in [3.63, 3.8) is 0 Å². The first kappa shape index (κ1) is 18.0. The summed E-state index contributed by atoms with van der Waals surface area (Å²) < 4.78 is 1.08. The van der Waals surface area contributed by atoms with Gasteiger partial charge in [0.25, 0.3) is 0 Å². The molecule has 1 N–H and O–H groups in total. The molecule has 0 radical (unpaired) electrons. The Morgan fingerprint density at radius 2 is 1.90 bits per heavy atom. The molecule has 1 aromatic carbocycles. The molecule has 0 aromatic heterocycles. The lowest BCUT2D eigenvalue weighted by atomic mass is 9.73. The molecule has 4 heteroatoms. The summed E-state index contributed by atoms with van der Waals surface area (Å²) in [5, 5.41) is 10.6. The Labute approximate surface area is 143 Å². The first-order chi connectivity index (χ1) is 9.21. The van der Waals surface area contributed by atoms with Crippen LogP contribution in [0.25, 0.3) is 0 Å². The average molecular weight is 453 g/mol. The maximum atomic E-state index is 11.8. The van der Waals surface area contributed by atoms with E-state index < -0.39 is 11.4 Å². The van der Waals surface area contributed by atoms with Crippen molar-refractivity contribution in [2.24, 2.45) is 5.41 Å². The Hall–Kier alpha value is -0.100. The molecule has 1 atom stereocenters. The van der Waals surface area contributed by atoms with Crippen LogP contribution in [-0.2, 0) is 10.2 Å². The van der Waals surface area contributed by atoms with Gasteiger partial charge in [0.05, 0.1) is 5.41 Å². The van der Waals surface area contributed by atoms with Gasteiger partial charge in [0.2, 0.25) is 0 Å². The van der Waals surface area contributed by atoms with Crippen LogP contribution >= 0.6 is 38.5 Å². The van der Waals surface area contributed by atoms with Crippen LogP contribution in [0.15, 0.2) is 24.3 Å².